The smallest absolute Gasteiger partial charge is 0.194 e. The number of hydrogen-bond donors (Lipinski definition) is 1. The van der Waals surface area contributed by atoms with E-state index in [2.05, 4.69) is 70.9 Å². The van der Waals surface area contributed by atoms with Gasteiger partial charge < -0.3 is 19.5 Å². The van der Waals surface area contributed by atoms with Crippen LogP contribution in [0.4, 0.5) is 0 Å². The first kappa shape index (κ1) is 20.8. The molecule has 1 aromatic heterocycles. The van der Waals surface area contributed by atoms with Crippen LogP contribution >= 0.6 is 39.9 Å². The van der Waals surface area contributed by atoms with Crippen LogP contribution in [-0.4, -0.2) is 48.8 Å². The van der Waals surface area contributed by atoms with Crippen molar-refractivity contribution in [2.75, 3.05) is 33.4 Å². The number of hydrogen-bond acceptors (Lipinski definition) is 2. The highest BCUT2D eigenvalue weighted by Crippen LogP contribution is 2.28. The second-order valence-electron chi connectivity index (χ2n) is 6.40. The molecule has 0 saturated carbocycles. The predicted octanol–water partition coefficient (Wildman–Crippen LogP) is 3.23. The number of halogens is 2. The molecule has 0 aliphatic carbocycles. The third-order valence-corrected chi connectivity index (χ3v) is 4.51. The summed E-state index contributed by atoms with van der Waals surface area (Å²) in [6.07, 6.45) is 3.16. The van der Waals surface area contributed by atoms with Crippen molar-refractivity contribution in [2.24, 2.45) is 17.5 Å². The maximum absolute atomic E-state index is 5.52. The Hall–Kier alpha value is -0.280. The minimum absolute atomic E-state index is 0. The van der Waals surface area contributed by atoms with E-state index < -0.39 is 0 Å². The van der Waals surface area contributed by atoms with Crippen LogP contribution in [0.5, 0.6) is 0 Å². The fourth-order valence-corrected chi connectivity index (χ4v) is 3.18. The van der Waals surface area contributed by atoms with E-state index >= 15 is 0 Å². The van der Waals surface area contributed by atoms with Crippen LogP contribution in [-0.2, 0) is 18.3 Å². The normalized spacial score (nSPS) is 21.2. The average molecular weight is 499 g/mol. The molecule has 7 heteroatoms. The molecule has 132 valence electrons. The topological polar surface area (TPSA) is 41.8 Å². The molecule has 2 heterocycles. The molecule has 1 N–H and O–H groups in total. The molecule has 5 nitrogen and oxygen atoms in total. The van der Waals surface area contributed by atoms with Gasteiger partial charge in [-0.25, -0.2) is 0 Å². The largest absolute Gasteiger partial charge is 0.381 e. The van der Waals surface area contributed by atoms with Crippen molar-refractivity contribution in [1.29, 1.82) is 0 Å². The molecular weight excluding hydrogens is 471 g/mol. The summed E-state index contributed by atoms with van der Waals surface area (Å²) in [4.78, 5) is 7.00. The molecule has 23 heavy (non-hydrogen) atoms. The highest BCUT2D eigenvalue weighted by molar-refractivity contribution is 14.0. The summed E-state index contributed by atoms with van der Waals surface area (Å²) in [7, 11) is 4.14. The summed E-state index contributed by atoms with van der Waals surface area (Å²) in [5, 5.41) is 3.38. The Morgan fingerprint density at radius 2 is 2.30 bits per heavy atom. The summed E-state index contributed by atoms with van der Waals surface area (Å²) in [6, 6.07) is 2.15. The molecule has 0 radical (unpaired) electrons. The van der Waals surface area contributed by atoms with Crippen LogP contribution in [0.3, 0.4) is 0 Å². The molecule has 1 aliphatic heterocycles. The molecule has 0 bridgehead atoms. The molecule has 1 unspecified atom stereocenters. The predicted molar refractivity (Wildman–Crippen MR) is 110 cm³/mol. The zero-order valence-corrected chi connectivity index (χ0v) is 18.3. The molecule has 0 spiro atoms. The highest BCUT2D eigenvalue weighted by atomic mass is 127. The first-order valence-corrected chi connectivity index (χ1v) is 8.61. The number of aromatic nitrogens is 1. The van der Waals surface area contributed by atoms with Gasteiger partial charge in [-0.3, -0.25) is 4.99 Å². The third-order valence-electron chi connectivity index (χ3n) is 4.08. The number of aliphatic imine (C=N–C) groups is 1. The van der Waals surface area contributed by atoms with Crippen molar-refractivity contribution >= 4 is 45.9 Å². The number of aryl methyl sites for hydroxylation is 1. The van der Waals surface area contributed by atoms with Gasteiger partial charge in [-0.2, -0.15) is 0 Å². The average Bonchev–Trinajstić information content (AvgIpc) is 3.01. The van der Waals surface area contributed by atoms with Crippen LogP contribution in [0, 0.1) is 5.41 Å². The van der Waals surface area contributed by atoms with Crippen LogP contribution in [0.15, 0.2) is 21.7 Å². The van der Waals surface area contributed by atoms with E-state index in [1.54, 1.807) is 0 Å². The first-order chi connectivity index (χ1) is 10.4. The maximum atomic E-state index is 5.52. The van der Waals surface area contributed by atoms with Gasteiger partial charge in [0.15, 0.2) is 5.96 Å². The summed E-state index contributed by atoms with van der Waals surface area (Å²) in [6.45, 7) is 8.51. The lowest BCUT2D eigenvalue weighted by atomic mass is 9.90. The van der Waals surface area contributed by atoms with Gasteiger partial charge in [0, 0.05) is 49.0 Å². The van der Waals surface area contributed by atoms with E-state index in [0.29, 0.717) is 0 Å². The monoisotopic (exact) mass is 498 g/mol. The van der Waals surface area contributed by atoms with E-state index in [-0.39, 0.29) is 29.4 Å². The van der Waals surface area contributed by atoms with Crippen molar-refractivity contribution in [3.63, 3.8) is 0 Å². The molecule has 0 aromatic carbocycles. The van der Waals surface area contributed by atoms with E-state index in [1.807, 2.05) is 0 Å². The number of rotatable bonds is 5. The zero-order valence-electron chi connectivity index (χ0n) is 14.4. The van der Waals surface area contributed by atoms with E-state index in [9.17, 15) is 0 Å². The van der Waals surface area contributed by atoms with E-state index in [0.717, 1.165) is 49.7 Å². The minimum Gasteiger partial charge on any atom is -0.381 e. The Balaban J connectivity index is 0.00000264. The fourth-order valence-electron chi connectivity index (χ4n) is 2.61. The number of ether oxygens (including phenoxy) is 1. The van der Waals surface area contributed by atoms with Gasteiger partial charge >= 0.3 is 0 Å². The van der Waals surface area contributed by atoms with Gasteiger partial charge in [-0.05, 0) is 35.3 Å². The molecule has 1 aliphatic rings. The molecule has 2 rings (SSSR count). The van der Waals surface area contributed by atoms with Gasteiger partial charge in [0.1, 0.15) is 0 Å². The highest BCUT2D eigenvalue weighted by Gasteiger charge is 2.29. The molecule has 1 aromatic rings. The summed E-state index contributed by atoms with van der Waals surface area (Å²) < 4.78 is 8.76. The number of nitrogens with one attached hydrogen (secondary N) is 1. The van der Waals surface area contributed by atoms with Crippen molar-refractivity contribution in [3.8, 4) is 0 Å². The van der Waals surface area contributed by atoms with Gasteiger partial charge in [0.25, 0.3) is 0 Å². The summed E-state index contributed by atoms with van der Waals surface area (Å²) >= 11 is 3.52. The molecule has 1 saturated heterocycles. The van der Waals surface area contributed by atoms with Crippen molar-refractivity contribution < 1.29 is 4.74 Å². The Kier molecular flexibility index (Phi) is 8.37. The maximum Gasteiger partial charge on any atom is 0.194 e. The van der Waals surface area contributed by atoms with Crippen molar-refractivity contribution in [1.82, 2.24) is 14.8 Å². The van der Waals surface area contributed by atoms with Crippen LogP contribution in [0.25, 0.3) is 0 Å². The van der Waals surface area contributed by atoms with Gasteiger partial charge in [-0.15, -0.1) is 24.0 Å². The molecule has 0 amide bonds. The lowest BCUT2D eigenvalue weighted by Gasteiger charge is -2.25. The summed E-state index contributed by atoms with van der Waals surface area (Å²) in [5.41, 5.74) is 1.42. The SMILES string of the molecule is CCNC(=NCC1(C)CCOC1)N(C)Cc1cc(Br)cn1C.I. The number of nitrogens with zero attached hydrogens (tertiary/aromatic N) is 3. The fraction of sp³-hybridized carbons (Fsp3) is 0.688. The summed E-state index contributed by atoms with van der Waals surface area (Å²) in [5.74, 6) is 0.952. The Labute approximate surface area is 165 Å². The number of guanidine groups is 1. The molecule has 1 fully saturated rings. The standard InChI is InChI=1S/C16H27BrN4O.HI/c1-5-18-15(19-11-16(2)6-7-22-12-16)21(4)10-14-8-13(17)9-20(14)3;/h8-9H,5-7,10-12H2,1-4H3,(H,18,19);1H. The third kappa shape index (κ3) is 5.94. The zero-order chi connectivity index (χ0) is 16.2. The Bertz CT molecular complexity index is 526. The first-order valence-electron chi connectivity index (χ1n) is 7.81. The van der Waals surface area contributed by atoms with Gasteiger partial charge in [0.2, 0.25) is 0 Å². The lowest BCUT2D eigenvalue weighted by molar-refractivity contribution is 0.162. The second kappa shape index (κ2) is 9.27. The van der Waals surface area contributed by atoms with Crippen LogP contribution < -0.4 is 5.32 Å². The Morgan fingerprint density at radius 1 is 1.57 bits per heavy atom. The van der Waals surface area contributed by atoms with Gasteiger partial charge in [-0.1, -0.05) is 6.92 Å². The van der Waals surface area contributed by atoms with Crippen LogP contribution in [0.2, 0.25) is 0 Å². The van der Waals surface area contributed by atoms with Crippen molar-refractivity contribution in [3.05, 3.63) is 22.4 Å². The Morgan fingerprint density at radius 3 is 2.83 bits per heavy atom. The van der Waals surface area contributed by atoms with Crippen LogP contribution in [0.1, 0.15) is 26.0 Å². The van der Waals surface area contributed by atoms with E-state index in [1.165, 1.54) is 5.69 Å². The molecular formula is C16H28BrIN4O. The quantitative estimate of drug-likeness (QED) is 0.385. The van der Waals surface area contributed by atoms with Crippen molar-refractivity contribution in [2.45, 2.75) is 26.8 Å². The second-order valence-corrected chi connectivity index (χ2v) is 7.32. The van der Waals surface area contributed by atoms with Gasteiger partial charge in [0.05, 0.1) is 19.7 Å². The van der Waals surface area contributed by atoms with E-state index in [4.69, 9.17) is 9.73 Å². The lowest BCUT2D eigenvalue weighted by Crippen LogP contribution is -2.39. The minimum atomic E-state index is 0. The molecule has 1 atom stereocenters.